The first-order valence-corrected chi connectivity index (χ1v) is 4.53. The summed E-state index contributed by atoms with van der Waals surface area (Å²) in [6.45, 7) is 2.25. The van der Waals surface area contributed by atoms with Crippen LogP contribution in [-0.2, 0) is 0 Å². The average Bonchev–Trinajstić information content (AvgIpc) is 2.48. The zero-order chi connectivity index (χ0) is 8.23. The summed E-state index contributed by atoms with van der Waals surface area (Å²) in [5.41, 5.74) is 0. The topological polar surface area (TPSA) is 42.7 Å². The summed E-state index contributed by atoms with van der Waals surface area (Å²) in [7, 11) is 0. The average molecular weight is 166 g/mol. The molecule has 2 rings (SSSR count). The summed E-state index contributed by atoms with van der Waals surface area (Å²) < 4.78 is 1.98. The number of nitrogens with one attached hydrogen (secondary N) is 1. The van der Waals surface area contributed by atoms with E-state index >= 15 is 0 Å². The van der Waals surface area contributed by atoms with Crippen molar-refractivity contribution in [1.82, 2.24) is 20.3 Å². The molecule has 4 heteroatoms. The Balaban J connectivity index is 2.02. The molecule has 0 unspecified atom stereocenters. The first-order valence-electron chi connectivity index (χ1n) is 4.53. The van der Waals surface area contributed by atoms with E-state index in [1.54, 1.807) is 6.20 Å². The van der Waals surface area contributed by atoms with Gasteiger partial charge < -0.3 is 5.32 Å². The highest BCUT2D eigenvalue weighted by molar-refractivity contribution is 4.75. The fourth-order valence-electron chi connectivity index (χ4n) is 1.68. The first-order chi connectivity index (χ1) is 5.97. The summed E-state index contributed by atoms with van der Waals surface area (Å²) in [4.78, 5) is 0. The van der Waals surface area contributed by atoms with Gasteiger partial charge in [-0.25, -0.2) is 4.68 Å². The summed E-state index contributed by atoms with van der Waals surface area (Å²) in [5, 5.41) is 11.2. The Kier molecular flexibility index (Phi) is 2.36. The lowest BCUT2D eigenvalue weighted by Crippen LogP contribution is -2.15. The van der Waals surface area contributed by atoms with Gasteiger partial charge in [0, 0.05) is 6.20 Å². The second-order valence-corrected chi connectivity index (χ2v) is 3.22. The van der Waals surface area contributed by atoms with Crippen LogP contribution in [0.3, 0.4) is 0 Å². The molecule has 0 bridgehead atoms. The van der Waals surface area contributed by atoms with E-state index in [2.05, 4.69) is 15.6 Å². The van der Waals surface area contributed by atoms with Gasteiger partial charge in [-0.3, -0.25) is 0 Å². The minimum atomic E-state index is 0.558. The Morgan fingerprint density at radius 3 is 3.17 bits per heavy atom. The number of hydrogen-bond donors (Lipinski definition) is 1. The minimum Gasteiger partial charge on any atom is -0.317 e. The molecule has 1 fully saturated rings. The van der Waals surface area contributed by atoms with Crippen LogP contribution < -0.4 is 5.32 Å². The van der Waals surface area contributed by atoms with Crippen LogP contribution in [0.5, 0.6) is 0 Å². The molecule has 1 saturated heterocycles. The van der Waals surface area contributed by atoms with Crippen molar-refractivity contribution in [3.8, 4) is 0 Å². The molecular weight excluding hydrogens is 152 g/mol. The van der Waals surface area contributed by atoms with E-state index in [-0.39, 0.29) is 0 Å². The van der Waals surface area contributed by atoms with Crippen LogP contribution in [0.25, 0.3) is 0 Å². The summed E-state index contributed by atoms with van der Waals surface area (Å²) >= 11 is 0. The Labute approximate surface area is 72.0 Å². The van der Waals surface area contributed by atoms with Gasteiger partial charge >= 0.3 is 0 Å². The van der Waals surface area contributed by atoms with Crippen LogP contribution >= 0.6 is 0 Å². The normalized spacial score (nSPS) is 25.2. The third kappa shape index (κ3) is 1.64. The van der Waals surface area contributed by atoms with Crippen LogP contribution in [-0.4, -0.2) is 28.1 Å². The standard InChI is InChI=1S/C8H14N4/c1-2-8(3-5-9-4-1)12-7-6-10-11-12/h6-9H,1-5H2/t8-/m0/s1. The van der Waals surface area contributed by atoms with E-state index in [0.29, 0.717) is 6.04 Å². The highest BCUT2D eigenvalue weighted by atomic mass is 15.4. The zero-order valence-electron chi connectivity index (χ0n) is 7.11. The molecular formula is C8H14N4. The summed E-state index contributed by atoms with van der Waals surface area (Å²) in [5.74, 6) is 0. The predicted molar refractivity (Wildman–Crippen MR) is 45.8 cm³/mol. The smallest absolute Gasteiger partial charge is 0.0693 e. The van der Waals surface area contributed by atoms with Crippen LogP contribution in [0.15, 0.2) is 12.4 Å². The molecule has 1 atom stereocenters. The maximum Gasteiger partial charge on any atom is 0.0693 e. The highest BCUT2D eigenvalue weighted by Gasteiger charge is 2.13. The van der Waals surface area contributed by atoms with E-state index in [1.807, 2.05) is 10.9 Å². The summed E-state index contributed by atoms with van der Waals surface area (Å²) in [6, 6.07) is 0.558. The molecule has 1 aliphatic rings. The Bertz CT molecular complexity index is 211. The van der Waals surface area contributed by atoms with Crippen molar-refractivity contribution < 1.29 is 0 Å². The largest absolute Gasteiger partial charge is 0.317 e. The maximum atomic E-state index is 4.02. The molecule has 1 aliphatic heterocycles. The van der Waals surface area contributed by atoms with Gasteiger partial charge in [-0.2, -0.15) is 0 Å². The van der Waals surface area contributed by atoms with Gasteiger partial charge in [0.2, 0.25) is 0 Å². The van der Waals surface area contributed by atoms with Gasteiger partial charge in [-0.15, -0.1) is 5.10 Å². The van der Waals surface area contributed by atoms with Gasteiger partial charge in [0.05, 0.1) is 12.2 Å². The molecule has 2 heterocycles. The number of nitrogens with zero attached hydrogens (tertiary/aromatic N) is 3. The molecule has 1 N–H and O–H groups in total. The van der Waals surface area contributed by atoms with Crippen molar-refractivity contribution in [3.63, 3.8) is 0 Å². The van der Waals surface area contributed by atoms with Crippen molar-refractivity contribution in [3.05, 3.63) is 12.4 Å². The molecule has 66 valence electrons. The first kappa shape index (κ1) is 7.73. The lowest BCUT2D eigenvalue weighted by molar-refractivity contribution is 0.405. The number of hydrogen-bond acceptors (Lipinski definition) is 3. The number of rotatable bonds is 1. The minimum absolute atomic E-state index is 0.558. The molecule has 0 saturated carbocycles. The van der Waals surface area contributed by atoms with Crippen molar-refractivity contribution in [2.75, 3.05) is 13.1 Å². The Hall–Kier alpha value is -0.900. The third-order valence-electron chi connectivity index (χ3n) is 2.36. The van der Waals surface area contributed by atoms with Crippen LogP contribution in [0.4, 0.5) is 0 Å². The molecule has 0 amide bonds. The second-order valence-electron chi connectivity index (χ2n) is 3.22. The zero-order valence-corrected chi connectivity index (χ0v) is 7.11. The van der Waals surface area contributed by atoms with E-state index in [9.17, 15) is 0 Å². The molecule has 4 nitrogen and oxygen atoms in total. The third-order valence-corrected chi connectivity index (χ3v) is 2.36. The van der Waals surface area contributed by atoms with E-state index < -0.39 is 0 Å². The lowest BCUT2D eigenvalue weighted by atomic mass is 10.1. The van der Waals surface area contributed by atoms with E-state index in [1.165, 1.54) is 19.3 Å². The number of aromatic nitrogens is 3. The van der Waals surface area contributed by atoms with Crippen molar-refractivity contribution in [2.45, 2.75) is 25.3 Å². The van der Waals surface area contributed by atoms with Crippen molar-refractivity contribution in [1.29, 1.82) is 0 Å². The monoisotopic (exact) mass is 166 g/mol. The van der Waals surface area contributed by atoms with Gasteiger partial charge in [0.15, 0.2) is 0 Å². The fourth-order valence-corrected chi connectivity index (χ4v) is 1.68. The molecule has 0 radical (unpaired) electrons. The molecule has 0 spiro atoms. The van der Waals surface area contributed by atoms with E-state index in [4.69, 9.17) is 0 Å². The second kappa shape index (κ2) is 3.67. The predicted octanol–water partition coefficient (Wildman–Crippen LogP) is 0.593. The van der Waals surface area contributed by atoms with Crippen molar-refractivity contribution in [2.24, 2.45) is 0 Å². The van der Waals surface area contributed by atoms with Crippen LogP contribution in [0.1, 0.15) is 25.3 Å². The molecule has 0 aliphatic carbocycles. The SMILES string of the molecule is c1cn([C@H]2CCCNCC2)nn1. The van der Waals surface area contributed by atoms with Gasteiger partial charge in [0.25, 0.3) is 0 Å². The molecule has 1 aromatic heterocycles. The van der Waals surface area contributed by atoms with Gasteiger partial charge in [-0.05, 0) is 32.4 Å². The summed E-state index contributed by atoms with van der Waals surface area (Å²) in [6.07, 6.45) is 7.33. The van der Waals surface area contributed by atoms with Crippen LogP contribution in [0.2, 0.25) is 0 Å². The fraction of sp³-hybridized carbons (Fsp3) is 0.750. The molecule has 0 aromatic carbocycles. The highest BCUT2D eigenvalue weighted by Crippen LogP contribution is 2.17. The molecule has 1 aromatic rings. The van der Waals surface area contributed by atoms with Gasteiger partial charge in [0.1, 0.15) is 0 Å². The van der Waals surface area contributed by atoms with Crippen LogP contribution in [0, 0.1) is 0 Å². The Morgan fingerprint density at radius 1 is 1.33 bits per heavy atom. The van der Waals surface area contributed by atoms with Gasteiger partial charge in [-0.1, -0.05) is 5.21 Å². The Morgan fingerprint density at radius 2 is 2.33 bits per heavy atom. The van der Waals surface area contributed by atoms with Crippen molar-refractivity contribution >= 4 is 0 Å². The quantitative estimate of drug-likeness (QED) is 0.664. The van der Waals surface area contributed by atoms with E-state index in [0.717, 1.165) is 13.1 Å². The maximum absolute atomic E-state index is 4.02. The lowest BCUT2D eigenvalue weighted by Gasteiger charge is -2.12. The molecule has 12 heavy (non-hydrogen) atoms.